The first-order valence-electron chi connectivity index (χ1n) is 7.49. The van der Waals surface area contributed by atoms with Crippen LogP contribution in [0.2, 0.25) is 0 Å². The van der Waals surface area contributed by atoms with Crippen molar-refractivity contribution in [2.45, 2.75) is 10.9 Å². The van der Waals surface area contributed by atoms with Crippen molar-refractivity contribution in [1.29, 1.82) is 0 Å². The van der Waals surface area contributed by atoms with Crippen molar-refractivity contribution >= 4 is 41.9 Å². The Morgan fingerprint density at radius 1 is 1.16 bits per heavy atom. The summed E-state index contributed by atoms with van der Waals surface area (Å²) in [4.78, 5) is 2.17. The summed E-state index contributed by atoms with van der Waals surface area (Å²) in [6.07, 6.45) is 0. The zero-order valence-electron chi connectivity index (χ0n) is 14.2. The smallest absolute Gasteiger partial charge is 0.241 e. The van der Waals surface area contributed by atoms with Crippen LogP contribution in [0.1, 0.15) is 11.6 Å². The number of nitrogens with zero attached hydrogens (tertiary/aromatic N) is 1. The van der Waals surface area contributed by atoms with Gasteiger partial charge in [0.25, 0.3) is 0 Å². The van der Waals surface area contributed by atoms with Crippen LogP contribution in [0.25, 0.3) is 0 Å². The molecule has 2 aromatic rings. The van der Waals surface area contributed by atoms with Crippen LogP contribution in [0.5, 0.6) is 5.75 Å². The zero-order valence-corrected chi connectivity index (χ0v) is 18.2. The molecule has 8 heteroatoms. The van der Waals surface area contributed by atoms with Crippen LogP contribution >= 0.6 is 31.9 Å². The highest BCUT2D eigenvalue weighted by Gasteiger charge is 2.22. The topological polar surface area (TPSA) is 58.6 Å². The SMILES string of the molecule is COc1cccc(C(CNS(=O)(=O)c2ccc(Br)cc2Br)N(C)C)c1. The highest BCUT2D eigenvalue weighted by Crippen LogP contribution is 2.27. The molecule has 0 heterocycles. The molecule has 0 aliphatic heterocycles. The number of nitrogens with one attached hydrogen (secondary N) is 1. The average molecular weight is 492 g/mol. The molecule has 1 unspecified atom stereocenters. The molecule has 136 valence electrons. The maximum Gasteiger partial charge on any atom is 0.241 e. The summed E-state index contributed by atoms with van der Waals surface area (Å²) in [5.74, 6) is 0.739. The average Bonchev–Trinajstić information content (AvgIpc) is 2.54. The lowest BCUT2D eigenvalue weighted by Crippen LogP contribution is -2.34. The monoisotopic (exact) mass is 490 g/mol. The fourth-order valence-electron chi connectivity index (χ4n) is 2.41. The molecular weight excluding hydrogens is 472 g/mol. The van der Waals surface area contributed by atoms with E-state index in [-0.39, 0.29) is 17.5 Å². The normalized spacial score (nSPS) is 13.0. The lowest BCUT2D eigenvalue weighted by molar-refractivity contribution is 0.298. The molecule has 0 radical (unpaired) electrons. The van der Waals surface area contributed by atoms with E-state index in [2.05, 4.69) is 36.6 Å². The van der Waals surface area contributed by atoms with Crippen molar-refractivity contribution in [1.82, 2.24) is 9.62 Å². The number of rotatable bonds is 7. The van der Waals surface area contributed by atoms with Crippen LogP contribution in [0, 0.1) is 0 Å². The van der Waals surface area contributed by atoms with Crippen LogP contribution in [0.15, 0.2) is 56.3 Å². The van der Waals surface area contributed by atoms with E-state index in [1.807, 2.05) is 43.3 Å². The second kappa shape index (κ2) is 8.64. The largest absolute Gasteiger partial charge is 0.497 e. The molecule has 25 heavy (non-hydrogen) atoms. The molecule has 0 aliphatic carbocycles. The van der Waals surface area contributed by atoms with Crippen LogP contribution in [0.3, 0.4) is 0 Å². The molecular formula is C17H20Br2N2O3S. The molecule has 0 aromatic heterocycles. The molecule has 0 bridgehead atoms. The van der Waals surface area contributed by atoms with E-state index in [9.17, 15) is 8.42 Å². The van der Waals surface area contributed by atoms with Gasteiger partial charge in [0.2, 0.25) is 10.0 Å². The number of hydrogen-bond acceptors (Lipinski definition) is 4. The zero-order chi connectivity index (χ0) is 18.6. The summed E-state index contributed by atoms with van der Waals surface area (Å²) in [5, 5.41) is 0. The molecule has 0 saturated carbocycles. The first-order chi connectivity index (χ1) is 11.7. The van der Waals surface area contributed by atoms with E-state index >= 15 is 0 Å². The maximum atomic E-state index is 12.6. The summed E-state index contributed by atoms with van der Waals surface area (Å²) in [6, 6.07) is 12.5. The van der Waals surface area contributed by atoms with E-state index in [0.717, 1.165) is 15.8 Å². The van der Waals surface area contributed by atoms with Gasteiger partial charge in [-0.05, 0) is 65.9 Å². The van der Waals surface area contributed by atoms with Gasteiger partial charge < -0.3 is 9.64 Å². The molecule has 0 amide bonds. The molecule has 2 aromatic carbocycles. The van der Waals surface area contributed by atoms with Gasteiger partial charge >= 0.3 is 0 Å². The van der Waals surface area contributed by atoms with Gasteiger partial charge in [0.1, 0.15) is 5.75 Å². The molecule has 1 N–H and O–H groups in total. The fraction of sp³-hybridized carbons (Fsp3) is 0.294. The van der Waals surface area contributed by atoms with Crippen LogP contribution in [-0.4, -0.2) is 41.1 Å². The van der Waals surface area contributed by atoms with Gasteiger partial charge in [0.15, 0.2) is 0 Å². The number of ether oxygens (including phenoxy) is 1. The van der Waals surface area contributed by atoms with Gasteiger partial charge in [-0.3, -0.25) is 0 Å². The summed E-state index contributed by atoms with van der Waals surface area (Å²) in [6.45, 7) is 0.241. The number of halogens is 2. The molecule has 0 aliphatic rings. The van der Waals surface area contributed by atoms with Gasteiger partial charge in [0, 0.05) is 21.5 Å². The minimum atomic E-state index is -3.64. The van der Waals surface area contributed by atoms with E-state index in [1.54, 1.807) is 25.3 Å². The summed E-state index contributed by atoms with van der Waals surface area (Å²) in [5.41, 5.74) is 0.974. The molecule has 2 rings (SSSR count). The maximum absolute atomic E-state index is 12.6. The lowest BCUT2D eigenvalue weighted by atomic mass is 10.1. The second-order valence-corrected chi connectivity index (χ2v) is 9.19. The van der Waals surface area contributed by atoms with Crippen LogP contribution in [-0.2, 0) is 10.0 Å². The predicted octanol–water partition coefficient (Wildman–Crippen LogP) is 3.80. The standard InChI is InChI=1S/C17H20Br2N2O3S/c1-21(2)16(12-5-4-6-14(9-12)24-3)11-20-25(22,23)17-8-7-13(18)10-15(17)19/h4-10,16,20H,11H2,1-3H3. The van der Waals surface area contributed by atoms with Crippen molar-refractivity contribution < 1.29 is 13.2 Å². The van der Waals surface area contributed by atoms with Crippen molar-refractivity contribution in [2.75, 3.05) is 27.7 Å². The fourth-order valence-corrected chi connectivity index (χ4v) is 5.19. The first-order valence-corrected chi connectivity index (χ1v) is 10.6. The number of methoxy groups -OCH3 is 1. The summed E-state index contributed by atoms with van der Waals surface area (Å²) in [7, 11) is 1.79. The van der Waals surface area contributed by atoms with E-state index in [0.29, 0.717) is 4.47 Å². The Hall–Kier alpha value is -0.930. The molecule has 5 nitrogen and oxygen atoms in total. The van der Waals surface area contributed by atoms with Crippen LogP contribution < -0.4 is 9.46 Å². The van der Waals surface area contributed by atoms with Crippen LogP contribution in [0.4, 0.5) is 0 Å². The Bertz CT molecular complexity index is 842. The number of sulfonamides is 1. The number of hydrogen-bond donors (Lipinski definition) is 1. The molecule has 0 spiro atoms. The third-order valence-corrected chi connectivity index (χ3v) is 6.65. The Morgan fingerprint density at radius 2 is 1.88 bits per heavy atom. The molecule has 1 atom stereocenters. The van der Waals surface area contributed by atoms with Gasteiger partial charge in [0.05, 0.1) is 12.0 Å². The van der Waals surface area contributed by atoms with E-state index in [1.165, 1.54) is 0 Å². The Morgan fingerprint density at radius 3 is 2.48 bits per heavy atom. The minimum absolute atomic E-state index is 0.126. The highest BCUT2D eigenvalue weighted by molar-refractivity contribution is 9.11. The summed E-state index contributed by atoms with van der Waals surface area (Å²) >= 11 is 6.63. The van der Waals surface area contributed by atoms with E-state index in [4.69, 9.17) is 4.74 Å². The summed E-state index contributed by atoms with van der Waals surface area (Å²) < 4.78 is 34.6. The lowest BCUT2D eigenvalue weighted by Gasteiger charge is -2.25. The molecule has 0 fully saturated rings. The van der Waals surface area contributed by atoms with Crippen molar-refractivity contribution in [3.8, 4) is 5.75 Å². The van der Waals surface area contributed by atoms with Crippen molar-refractivity contribution in [2.24, 2.45) is 0 Å². The first kappa shape index (κ1) is 20.4. The number of benzene rings is 2. The third-order valence-electron chi connectivity index (χ3n) is 3.75. The van der Waals surface area contributed by atoms with Gasteiger partial charge in [-0.2, -0.15) is 0 Å². The number of likely N-dealkylation sites (N-methyl/N-ethyl adjacent to an activating group) is 1. The van der Waals surface area contributed by atoms with E-state index < -0.39 is 10.0 Å². The Labute approximate surface area is 165 Å². The predicted molar refractivity (Wildman–Crippen MR) is 106 cm³/mol. The molecule has 0 saturated heterocycles. The highest BCUT2D eigenvalue weighted by atomic mass is 79.9. The van der Waals surface area contributed by atoms with Gasteiger partial charge in [-0.15, -0.1) is 0 Å². The Balaban J connectivity index is 2.23. The van der Waals surface area contributed by atoms with Crippen molar-refractivity contribution in [3.05, 3.63) is 57.0 Å². The second-order valence-electron chi connectivity index (χ2n) is 5.68. The van der Waals surface area contributed by atoms with Crippen molar-refractivity contribution in [3.63, 3.8) is 0 Å². The minimum Gasteiger partial charge on any atom is -0.497 e. The van der Waals surface area contributed by atoms with Gasteiger partial charge in [-0.1, -0.05) is 28.1 Å². The quantitative estimate of drug-likeness (QED) is 0.639. The van der Waals surface area contributed by atoms with Gasteiger partial charge in [-0.25, -0.2) is 13.1 Å². The third kappa shape index (κ3) is 5.27. The Kier molecular flexibility index (Phi) is 7.04.